The fourth-order valence-electron chi connectivity index (χ4n) is 1.99. The lowest BCUT2D eigenvalue weighted by Gasteiger charge is -2.09. The Morgan fingerprint density at radius 1 is 1.41 bits per heavy atom. The van der Waals surface area contributed by atoms with Gasteiger partial charge in [0.1, 0.15) is 16.1 Å². The van der Waals surface area contributed by atoms with Gasteiger partial charge in [-0.3, -0.25) is 0 Å². The molecule has 0 aliphatic carbocycles. The number of hydrogen-bond acceptors (Lipinski definition) is 5. The van der Waals surface area contributed by atoms with Crippen molar-refractivity contribution in [2.75, 3.05) is 19.7 Å². The van der Waals surface area contributed by atoms with Crippen LogP contribution in [0.25, 0.3) is 0 Å². The van der Waals surface area contributed by atoms with Crippen LogP contribution in [0, 0.1) is 5.92 Å². The van der Waals surface area contributed by atoms with Gasteiger partial charge in [0.15, 0.2) is 0 Å². The number of rotatable bonds is 6. The average molecular weight is 255 g/mol. The van der Waals surface area contributed by atoms with Crippen molar-refractivity contribution in [1.29, 1.82) is 0 Å². The summed E-state index contributed by atoms with van der Waals surface area (Å²) in [6.45, 7) is 7.33. The van der Waals surface area contributed by atoms with Crippen LogP contribution in [0.15, 0.2) is 0 Å². The molecule has 2 unspecified atom stereocenters. The highest BCUT2D eigenvalue weighted by Crippen LogP contribution is 2.35. The Morgan fingerprint density at radius 3 is 3.00 bits per heavy atom. The summed E-state index contributed by atoms with van der Waals surface area (Å²) in [4.78, 5) is 0. The van der Waals surface area contributed by atoms with Crippen molar-refractivity contribution in [3.8, 4) is 0 Å². The van der Waals surface area contributed by atoms with Crippen LogP contribution >= 0.6 is 11.3 Å². The second-order valence-electron chi connectivity index (χ2n) is 4.59. The van der Waals surface area contributed by atoms with Gasteiger partial charge >= 0.3 is 0 Å². The molecule has 0 amide bonds. The number of hydrogen-bond donors (Lipinski definition) is 1. The SMILES string of the molecule is CCCNCCc1nnc(C2OCCC2C)s1. The van der Waals surface area contributed by atoms with Gasteiger partial charge in [-0.2, -0.15) is 0 Å². The summed E-state index contributed by atoms with van der Waals surface area (Å²) in [5.74, 6) is 0.578. The zero-order valence-corrected chi connectivity index (χ0v) is 11.4. The lowest BCUT2D eigenvalue weighted by molar-refractivity contribution is 0.0937. The van der Waals surface area contributed by atoms with Gasteiger partial charge in [0.05, 0.1) is 0 Å². The van der Waals surface area contributed by atoms with E-state index in [4.69, 9.17) is 4.74 Å². The molecule has 0 radical (unpaired) electrons. The third-order valence-electron chi connectivity index (χ3n) is 3.06. The summed E-state index contributed by atoms with van der Waals surface area (Å²) in [6, 6.07) is 0. The molecule has 1 aliphatic rings. The summed E-state index contributed by atoms with van der Waals surface area (Å²) in [7, 11) is 0. The first-order valence-electron chi connectivity index (χ1n) is 6.46. The molecule has 5 heteroatoms. The molecule has 0 spiro atoms. The van der Waals surface area contributed by atoms with Crippen molar-refractivity contribution in [3.05, 3.63) is 10.0 Å². The quantitative estimate of drug-likeness (QED) is 0.791. The van der Waals surface area contributed by atoms with Gasteiger partial charge in [0.25, 0.3) is 0 Å². The first-order valence-corrected chi connectivity index (χ1v) is 7.27. The maximum absolute atomic E-state index is 5.70. The van der Waals surface area contributed by atoms with Gasteiger partial charge in [0.2, 0.25) is 0 Å². The van der Waals surface area contributed by atoms with E-state index in [2.05, 4.69) is 29.4 Å². The second-order valence-corrected chi connectivity index (χ2v) is 5.69. The van der Waals surface area contributed by atoms with Crippen LogP contribution in [-0.2, 0) is 11.2 Å². The number of nitrogens with zero attached hydrogens (tertiary/aromatic N) is 2. The monoisotopic (exact) mass is 255 g/mol. The smallest absolute Gasteiger partial charge is 0.146 e. The minimum absolute atomic E-state index is 0.185. The zero-order valence-electron chi connectivity index (χ0n) is 10.6. The zero-order chi connectivity index (χ0) is 12.1. The Balaban J connectivity index is 1.83. The van der Waals surface area contributed by atoms with E-state index < -0.39 is 0 Å². The molecule has 4 nitrogen and oxygen atoms in total. The lowest BCUT2D eigenvalue weighted by atomic mass is 10.1. The van der Waals surface area contributed by atoms with Gasteiger partial charge in [-0.1, -0.05) is 25.2 Å². The number of nitrogens with one attached hydrogen (secondary N) is 1. The molecule has 1 aromatic heterocycles. The van der Waals surface area contributed by atoms with Crippen molar-refractivity contribution in [2.45, 2.75) is 39.2 Å². The highest BCUT2D eigenvalue weighted by atomic mass is 32.1. The summed E-state index contributed by atoms with van der Waals surface area (Å²) < 4.78 is 5.70. The minimum atomic E-state index is 0.185. The molecule has 2 rings (SSSR count). The third-order valence-corrected chi connectivity index (χ3v) is 4.10. The van der Waals surface area contributed by atoms with E-state index in [1.165, 1.54) is 6.42 Å². The largest absolute Gasteiger partial charge is 0.371 e. The Hall–Kier alpha value is -0.520. The number of aromatic nitrogens is 2. The van der Waals surface area contributed by atoms with Crippen LogP contribution in [0.5, 0.6) is 0 Å². The molecule has 2 heterocycles. The first-order chi connectivity index (χ1) is 8.31. The van der Waals surface area contributed by atoms with E-state index in [1.54, 1.807) is 11.3 Å². The minimum Gasteiger partial charge on any atom is -0.371 e. The van der Waals surface area contributed by atoms with E-state index in [0.29, 0.717) is 5.92 Å². The summed E-state index contributed by atoms with van der Waals surface area (Å²) >= 11 is 1.70. The van der Waals surface area contributed by atoms with Crippen LogP contribution in [0.2, 0.25) is 0 Å². The maximum atomic E-state index is 5.70. The van der Waals surface area contributed by atoms with Crippen LogP contribution in [-0.4, -0.2) is 29.9 Å². The maximum Gasteiger partial charge on any atom is 0.146 e. The molecular formula is C12H21N3OS. The molecule has 1 aliphatic heterocycles. The average Bonchev–Trinajstić information content (AvgIpc) is 2.93. The van der Waals surface area contributed by atoms with E-state index in [0.717, 1.165) is 42.6 Å². The van der Waals surface area contributed by atoms with Crippen LogP contribution in [0.4, 0.5) is 0 Å². The predicted molar refractivity (Wildman–Crippen MR) is 69.2 cm³/mol. The van der Waals surface area contributed by atoms with Crippen LogP contribution in [0.1, 0.15) is 42.8 Å². The summed E-state index contributed by atoms with van der Waals surface area (Å²) in [6.07, 6.45) is 3.47. The molecule has 0 aromatic carbocycles. The molecular weight excluding hydrogens is 234 g/mol. The molecule has 1 N–H and O–H groups in total. The number of ether oxygens (including phenoxy) is 1. The third kappa shape index (κ3) is 3.47. The normalized spacial score (nSPS) is 24.4. The Bertz CT molecular complexity index is 342. The first kappa shape index (κ1) is 12.9. The Kier molecular flexibility index (Phi) is 4.88. The van der Waals surface area contributed by atoms with Gasteiger partial charge in [0, 0.05) is 19.6 Å². The van der Waals surface area contributed by atoms with Crippen molar-refractivity contribution in [2.24, 2.45) is 5.92 Å². The van der Waals surface area contributed by atoms with Crippen LogP contribution in [0.3, 0.4) is 0 Å². The highest BCUT2D eigenvalue weighted by molar-refractivity contribution is 7.11. The van der Waals surface area contributed by atoms with Gasteiger partial charge in [-0.25, -0.2) is 0 Å². The fourth-order valence-corrected chi connectivity index (χ4v) is 3.02. The van der Waals surface area contributed by atoms with Crippen molar-refractivity contribution in [3.63, 3.8) is 0 Å². The molecule has 2 atom stereocenters. The van der Waals surface area contributed by atoms with Crippen LogP contribution < -0.4 is 5.32 Å². The molecule has 1 fully saturated rings. The van der Waals surface area contributed by atoms with Gasteiger partial charge < -0.3 is 10.1 Å². The van der Waals surface area contributed by atoms with E-state index in [9.17, 15) is 0 Å². The highest BCUT2D eigenvalue weighted by Gasteiger charge is 2.28. The standard InChI is InChI=1S/C12H21N3OS/c1-3-6-13-7-4-10-14-15-12(17-10)11-9(2)5-8-16-11/h9,11,13H,3-8H2,1-2H3. The second kappa shape index (κ2) is 6.42. The van der Waals surface area contributed by atoms with Gasteiger partial charge in [-0.05, 0) is 25.3 Å². The topological polar surface area (TPSA) is 47.0 Å². The van der Waals surface area contributed by atoms with Crippen molar-refractivity contribution in [1.82, 2.24) is 15.5 Å². The van der Waals surface area contributed by atoms with E-state index >= 15 is 0 Å². The van der Waals surface area contributed by atoms with E-state index in [1.807, 2.05) is 0 Å². The Morgan fingerprint density at radius 2 is 2.29 bits per heavy atom. The van der Waals surface area contributed by atoms with Crippen molar-refractivity contribution >= 4 is 11.3 Å². The fraction of sp³-hybridized carbons (Fsp3) is 0.833. The summed E-state index contributed by atoms with van der Waals surface area (Å²) in [5.41, 5.74) is 0. The Labute approximate surface area is 107 Å². The molecule has 1 saturated heterocycles. The lowest BCUT2D eigenvalue weighted by Crippen LogP contribution is -2.17. The molecule has 0 saturated carbocycles. The molecule has 1 aromatic rings. The predicted octanol–water partition coefficient (Wildman–Crippen LogP) is 2.18. The molecule has 17 heavy (non-hydrogen) atoms. The molecule has 0 bridgehead atoms. The van der Waals surface area contributed by atoms with Crippen molar-refractivity contribution < 1.29 is 4.74 Å². The van der Waals surface area contributed by atoms with E-state index in [-0.39, 0.29) is 6.10 Å². The van der Waals surface area contributed by atoms with Gasteiger partial charge in [-0.15, -0.1) is 10.2 Å². The summed E-state index contributed by atoms with van der Waals surface area (Å²) in [5, 5.41) is 14.1. The molecule has 96 valence electrons.